The van der Waals surface area contributed by atoms with Gasteiger partial charge in [0.25, 0.3) is 11.5 Å². The summed E-state index contributed by atoms with van der Waals surface area (Å²) in [5.74, 6) is -4.42. The summed E-state index contributed by atoms with van der Waals surface area (Å²) in [5, 5.41) is -0.0625. The maximum Gasteiger partial charge on any atom is 0.343 e. The second-order valence-electron chi connectivity index (χ2n) is 7.60. The van der Waals surface area contributed by atoms with E-state index >= 15 is 0 Å². The monoisotopic (exact) mass is 517 g/mol. The van der Waals surface area contributed by atoms with E-state index in [0.717, 1.165) is 29.8 Å². The first-order valence-corrected chi connectivity index (χ1v) is 10.9. The number of hydrogen-bond acceptors (Lipinski definition) is 9. The molecule has 1 aliphatic heterocycles. The SMILES string of the molecule is CC(=O)Oc1cc(OC(=O)c2cccc(C(=O)n3c(=O)c(F)cn(C4CCCO4)c3=O)c2)c(Cl)cn1. The minimum absolute atomic E-state index is 0.0625. The molecular formula is C23H17ClFN3O8. The van der Waals surface area contributed by atoms with Gasteiger partial charge in [0.05, 0.1) is 18.0 Å². The van der Waals surface area contributed by atoms with E-state index < -0.39 is 41.1 Å². The average Bonchev–Trinajstić information content (AvgIpc) is 3.38. The fourth-order valence-corrected chi connectivity index (χ4v) is 3.60. The van der Waals surface area contributed by atoms with Crippen molar-refractivity contribution >= 4 is 29.4 Å². The Hall–Kier alpha value is -4.16. The van der Waals surface area contributed by atoms with Crippen molar-refractivity contribution in [3.63, 3.8) is 0 Å². The van der Waals surface area contributed by atoms with Crippen molar-refractivity contribution in [1.82, 2.24) is 14.1 Å². The summed E-state index contributed by atoms with van der Waals surface area (Å²) in [6, 6.07) is 6.05. The fourth-order valence-electron chi connectivity index (χ4n) is 3.46. The number of halogens is 2. The molecule has 1 aromatic carbocycles. The largest absolute Gasteiger partial charge is 0.421 e. The number of esters is 2. The average molecular weight is 518 g/mol. The quantitative estimate of drug-likeness (QED) is 0.467. The van der Waals surface area contributed by atoms with Gasteiger partial charge in [-0.3, -0.25) is 19.0 Å². The van der Waals surface area contributed by atoms with Gasteiger partial charge < -0.3 is 14.2 Å². The van der Waals surface area contributed by atoms with Crippen LogP contribution in [-0.2, 0) is 9.53 Å². The Kier molecular flexibility index (Phi) is 7.08. The van der Waals surface area contributed by atoms with Crippen LogP contribution in [-0.4, -0.2) is 38.6 Å². The number of carbonyl (C=O) groups is 3. The smallest absolute Gasteiger partial charge is 0.343 e. The van der Waals surface area contributed by atoms with E-state index in [9.17, 15) is 28.4 Å². The highest BCUT2D eigenvalue weighted by atomic mass is 35.5. The Balaban J connectivity index is 1.65. The molecular weight excluding hydrogens is 501 g/mol. The minimum atomic E-state index is -1.44. The summed E-state index contributed by atoms with van der Waals surface area (Å²) in [5.41, 5.74) is -2.91. The Morgan fingerprint density at radius 2 is 1.92 bits per heavy atom. The molecule has 0 amide bonds. The number of nitrogens with zero attached hydrogens (tertiary/aromatic N) is 3. The van der Waals surface area contributed by atoms with Crippen molar-refractivity contribution in [1.29, 1.82) is 0 Å². The normalized spacial score (nSPS) is 14.9. The van der Waals surface area contributed by atoms with E-state index in [2.05, 4.69) is 4.98 Å². The molecule has 1 fully saturated rings. The molecule has 0 spiro atoms. The maximum absolute atomic E-state index is 14.3. The molecule has 0 N–H and O–H groups in total. The van der Waals surface area contributed by atoms with Crippen LogP contribution in [0, 0.1) is 5.82 Å². The van der Waals surface area contributed by atoms with Crippen LogP contribution < -0.4 is 20.7 Å². The zero-order valence-corrected chi connectivity index (χ0v) is 19.4. The highest BCUT2D eigenvalue weighted by molar-refractivity contribution is 6.32. The van der Waals surface area contributed by atoms with Crippen molar-refractivity contribution in [3.05, 3.63) is 85.5 Å². The first-order chi connectivity index (χ1) is 17.2. The van der Waals surface area contributed by atoms with E-state index in [0.29, 0.717) is 25.6 Å². The standard InChI is InChI=1S/C23H17ClFN3O8/c1-12(29)35-18-9-17(15(24)10-26-18)36-22(32)14-5-2-4-13(8-14)20(30)28-21(31)16(25)11-27(23(28)33)19-6-3-7-34-19/h2,4-5,8-11,19H,3,6-7H2,1H3. The predicted molar refractivity (Wildman–Crippen MR) is 121 cm³/mol. The van der Waals surface area contributed by atoms with Crippen LogP contribution in [0.5, 0.6) is 11.6 Å². The summed E-state index contributed by atoms with van der Waals surface area (Å²) in [6.45, 7) is 1.50. The molecule has 1 unspecified atom stereocenters. The number of hydrogen-bond donors (Lipinski definition) is 0. The molecule has 1 aliphatic rings. The summed E-state index contributed by atoms with van der Waals surface area (Å²) < 4.78 is 30.7. The number of ether oxygens (including phenoxy) is 3. The molecule has 1 saturated heterocycles. The molecule has 0 radical (unpaired) electrons. The number of rotatable bonds is 5. The van der Waals surface area contributed by atoms with Gasteiger partial charge in [-0.25, -0.2) is 14.6 Å². The summed E-state index contributed by atoms with van der Waals surface area (Å²) in [4.78, 5) is 65.8. The molecule has 4 rings (SSSR count). The van der Waals surface area contributed by atoms with Gasteiger partial charge in [-0.2, -0.15) is 8.96 Å². The van der Waals surface area contributed by atoms with Crippen LogP contribution in [0.15, 0.2) is 52.3 Å². The zero-order chi connectivity index (χ0) is 26.0. The molecule has 3 aromatic rings. The van der Waals surface area contributed by atoms with Crippen LogP contribution >= 0.6 is 11.6 Å². The lowest BCUT2D eigenvalue weighted by Crippen LogP contribution is -2.46. The van der Waals surface area contributed by atoms with Gasteiger partial charge in [-0.05, 0) is 31.0 Å². The Bertz CT molecular complexity index is 1490. The van der Waals surface area contributed by atoms with Crippen molar-refractivity contribution in [2.45, 2.75) is 26.0 Å². The van der Waals surface area contributed by atoms with Crippen LogP contribution in [0.2, 0.25) is 5.02 Å². The van der Waals surface area contributed by atoms with Crippen LogP contribution in [0.1, 0.15) is 46.7 Å². The minimum Gasteiger partial charge on any atom is -0.421 e. The second-order valence-corrected chi connectivity index (χ2v) is 8.00. The molecule has 1 atom stereocenters. The maximum atomic E-state index is 14.3. The Morgan fingerprint density at radius 1 is 1.17 bits per heavy atom. The molecule has 2 aromatic heterocycles. The molecule has 0 bridgehead atoms. The predicted octanol–water partition coefficient (Wildman–Crippen LogP) is 2.34. The van der Waals surface area contributed by atoms with Gasteiger partial charge in [0.1, 0.15) is 11.3 Å². The van der Waals surface area contributed by atoms with E-state index in [4.69, 9.17) is 25.8 Å². The van der Waals surface area contributed by atoms with E-state index in [1.54, 1.807) is 0 Å². The lowest BCUT2D eigenvalue weighted by Gasteiger charge is -2.15. The third-order valence-electron chi connectivity index (χ3n) is 5.08. The molecule has 0 saturated carbocycles. The molecule has 36 heavy (non-hydrogen) atoms. The van der Waals surface area contributed by atoms with Crippen molar-refractivity contribution in [2.75, 3.05) is 6.61 Å². The van der Waals surface area contributed by atoms with Crippen LogP contribution in [0.25, 0.3) is 0 Å². The Labute approximate surface area is 206 Å². The summed E-state index contributed by atoms with van der Waals surface area (Å²) >= 11 is 5.99. The van der Waals surface area contributed by atoms with E-state index in [1.807, 2.05) is 0 Å². The van der Waals surface area contributed by atoms with Gasteiger partial charge in [-0.15, -0.1) is 0 Å². The fraction of sp³-hybridized carbons (Fsp3) is 0.217. The lowest BCUT2D eigenvalue weighted by atomic mass is 10.1. The van der Waals surface area contributed by atoms with Gasteiger partial charge in [0.15, 0.2) is 5.75 Å². The van der Waals surface area contributed by atoms with Gasteiger partial charge in [-0.1, -0.05) is 17.7 Å². The van der Waals surface area contributed by atoms with Crippen molar-refractivity contribution in [3.8, 4) is 11.6 Å². The molecule has 11 nitrogen and oxygen atoms in total. The number of benzene rings is 1. The Morgan fingerprint density at radius 3 is 2.61 bits per heavy atom. The second kappa shape index (κ2) is 10.2. The highest BCUT2D eigenvalue weighted by Crippen LogP contribution is 2.28. The third kappa shape index (κ3) is 5.09. The zero-order valence-electron chi connectivity index (χ0n) is 18.6. The number of aromatic nitrogens is 3. The van der Waals surface area contributed by atoms with Crippen molar-refractivity contribution < 1.29 is 33.0 Å². The van der Waals surface area contributed by atoms with Gasteiger partial charge >= 0.3 is 17.6 Å². The topological polar surface area (TPSA) is 136 Å². The van der Waals surface area contributed by atoms with E-state index in [-0.39, 0.29) is 32.3 Å². The van der Waals surface area contributed by atoms with Gasteiger partial charge in [0, 0.05) is 25.2 Å². The first kappa shape index (κ1) is 24.9. The molecule has 0 aliphatic carbocycles. The van der Waals surface area contributed by atoms with E-state index in [1.165, 1.54) is 18.2 Å². The van der Waals surface area contributed by atoms with Gasteiger partial charge in [0.2, 0.25) is 11.7 Å². The third-order valence-corrected chi connectivity index (χ3v) is 5.37. The summed E-state index contributed by atoms with van der Waals surface area (Å²) in [6.07, 6.45) is 2.04. The van der Waals surface area contributed by atoms with Crippen LogP contribution in [0.3, 0.4) is 0 Å². The molecule has 186 valence electrons. The highest BCUT2D eigenvalue weighted by Gasteiger charge is 2.25. The molecule has 3 heterocycles. The lowest BCUT2D eigenvalue weighted by molar-refractivity contribution is -0.132. The van der Waals surface area contributed by atoms with Crippen LogP contribution in [0.4, 0.5) is 4.39 Å². The first-order valence-electron chi connectivity index (χ1n) is 10.5. The number of pyridine rings is 1. The summed E-state index contributed by atoms with van der Waals surface area (Å²) in [7, 11) is 0. The van der Waals surface area contributed by atoms with Crippen molar-refractivity contribution in [2.24, 2.45) is 0 Å². The number of carbonyl (C=O) groups excluding carboxylic acids is 3. The molecule has 13 heteroatoms.